The number of benzene rings is 1. The van der Waals surface area contributed by atoms with Crippen molar-refractivity contribution in [2.75, 3.05) is 12.4 Å². The lowest BCUT2D eigenvalue weighted by Crippen LogP contribution is -2.24. The van der Waals surface area contributed by atoms with E-state index in [1.807, 2.05) is 26.0 Å². The van der Waals surface area contributed by atoms with Crippen LogP contribution in [0, 0.1) is 31.1 Å². The number of aryl methyl sites for hydroxylation is 1. The average Bonchev–Trinajstić information content (AvgIpc) is 2.98. The first kappa shape index (κ1) is 22.8. The Morgan fingerprint density at radius 1 is 1.23 bits per heavy atom. The standard InChI is InChI=1S/C23H28N4O3/c1-15(2)14-27-16(3)10-19(17(27)4)11-20(12-24)22(28)25-13-18-6-8-21(9-7-18)26-23(29)30-5/h6-11,15H,13-14H2,1-5H3,(H,25,28)(H,26,29)/b20-11-. The Morgan fingerprint density at radius 3 is 2.47 bits per heavy atom. The van der Waals surface area contributed by atoms with Crippen molar-refractivity contribution in [3.05, 3.63) is 58.4 Å². The summed E-state index contributed by atoms with van der Waals surface area (Å²) < 4.78 is 6.74. The molecule has 0 saturated heterocycles. The highest BCUT2D eigenvalue weighted by atomic mass is 16.5. The molecular formula is C23H28N4O3. The van der Waals surface area contributed by atoms with E-state index in [9.17, 15) is 14.9 Å². The van der Waals surface area contributed by atoms with Crippen molar-refractivity contribution >= 4 is 23.8 Å². The number of methoxy groups -OCH3 is 1. The summed E-state index contributed by atoms with van der Waals surface area (Å²) >= 11 is 0. The van der Waals surface area contributed by atoms with Gasteiger partial charge in [0.25, 0.3) is 5.91 Å². The highest BCUT2D eigenvalue weighted by Gasteiger charge is 2.13. The molecule has 0 spiro atoms. The number of nitrogens with one attached hydrogen (secondary N) is 2. The molecule has 0 radical (unpaired) electrons. The van der Waals surface area contributed by atoms with Crippen LogP contribution >= 0.6 is 0 Å². The number of ether oxygens (including phenoxy) is 1. The zero-order valence-corrected chi connectivity index (χ0v) is 18.1. The summed E-state index contributed by atoms with van der Waals surface area (Å²) in [6, 6.07) is 11.0. The predicted molar refractivity (Wildman–Crippen MR) is 117 cm³/mol. The van der Waals surface area contributed by atoms with Gasteiger partial charge in [-0.15, -0.1) is 0 Å². The summed E-state index contributed by atoms with van der Waals surface area (Å²) in [5, 5.41) is 14.8. The van der Waals surface area contributed by atoms with E-state index >= 15 is 0 Å². The number of nitriles is 1. The lowest BCUT2D eigenvalue weighted by Gasteiger charge is -2.12. The molecule has 2 aromatic rings. The number of hydrogen-bond acceptors (Lipinski definition) is 4. The largest absolute Gasteiger partial charge is 0.453 e. The van der Waals surface area contributed by atoms with E-state index in [1.54, 1.807) is 30.3 Å². The number of nitrogens with zero attached hydrogens (tertiary/aromatic N) is 2. The van der Waals surface area contributed by atoms with Crippen molar-refractivity contribution in [3.8, 4) is 6.07 Å². The molecule has 0 fully saturated rings. The fraction of sp³-hybridized carbons (Fsp3) is 0.348. The summed E-state index contributed by atoms with van der Waals surface area (Å²) in [6.07, 6.45) is 1.09. The maximum Gasteiger partial charge on any atom is 0.411 e. The number of aromatic nitrogens is 1. The van der Waals surface area contributed by atoms with Crippen LogP contribution in [0.4, 0.5) is 10.5 Å². The molecule has 0 unspecified atom stereocenters. The third-order valence-corrected chi connectivity index (χ3v) is 4.66. The van der Waals surface area contributed by atoms with Crippen LogP contribution in [0.15, 0.2) is 35.9 Å². The number of hydrogen-bond donors (Lipinski definition) is 2. The Morgan fingerprint density at radius 2 is 1.90 bits per heavy atom. The lowest BCUT2D eigenvalue weighted by molar-refractivity contribution is -0.117. The highest BCUT2D eigenvalue weighted by molar-refractivity contribution is 6.01. The van der Waals surface area contributed by atoms with Gasteiger partial charge < -0.3 is 14.6 Å². The van der Waals surface area contributed by atoms with Gasteiger partial charge in [-0.2, -0.15) is 5.26 Å². The Balaban J connectivity index is 2.07. The quantitative estimate of drug-likeness (QED) is 0.531. The third-order valence-electron chi connectivity index (χ3n) is 4.66. The first-order chi connectivity index (χ1) is 14.2. The fourth-order valence-corrected chi connectivity index (χ4v) is 3.08. The third kappa shape index (κ3) is 5.98. The minimum absolute atomic E-state index is 0.0591. The van der Waals surface area contributed by atoms with Crippen molar-refractivity contribution in [2.24, 2.45) is 5.92 Å². The summed E-state index contributed by atoms with van der Waals surface area (Å²) in [7, 11) is 1.29. The van der Waals surface area contributed by atoms with Crippen LogP contribution < -0.4 is 10.6 Å². The Hall–Kier alpha value is -3.53. The van der Waals surface area contributed by atoms with Gasteiger partial charge in [0, 0.05) is 30.2 Å². The van der Waals surface area contributed by atoms with Crippen LogP contribution in [-0.4, -0.2) is 23.7 Å². The van der Waals surface area contributed by atoms with Gasteiger partial charge in [-0.05, 0) is 55.2 Å². The van der Waals surface area contributed by atoms with E-state index in [-0.39, 0.29) is 12.1 Å². The normalized spacial score (nSPS) is 11.2. The first-order valence-electron chi connectivity index (χ1n) is 9.75. The molecule has 2 N–H and O–H groups in total. The minimum Gasteiger partial charge on any atom is -0.453 e. The second kappa shape index (κ2) is 10.3. The van der Waals surface area contributed by atoms with Gasteiger partial charge in [-0.3, -0.25) is 10.1 Å². The number of amides is 2. The molecule has 0 saturated carbocycles. The van der Waals surface area contributed by atoms with Crippen molar-refractivity contribution < 1.29 is 14.3 Å². The monoisotopic (exact) mass is 408 g/mol. The minimum atomic E-state index is -0.549. The van der Waals surface area contributed by atoms with Gasteiger partial charge in [-0.1, -0.05) is 26.0 Å². The van der Waals surface area contributed by atoms with Crippen molar-refractivity contribution in [2.45, 2.75) is 40.8 Å². The summed E-state index contributed by atoms with van der Waals surface area (Å²) in [5.74, 6) is 0.0718. The Bertz CT molecular complexity index is 979. The van der Waals surface area contributed by atoms with E-state index in [0.717, 1.165) is 29.1 Å². The molecule has 2 rings (SSSR count). The van der Waals surface area contributed by atoms with E-state index in [0.29, 0.717) is 11.6 Å². The van der Waals surface area contributed by atoms with Gasteiger partial charge in [0.1, 0.15) is 11.6 Å². The molecule has 7 nitrogen and oxygen atoms in total. The van der Waals surface area contributed by atoms with Crippen molar-refractivity contribution in [1.82, 2.24) is 9.88 Å². The molecule has 1 aromatic heterocycles. The number of rotatable bonds is 7. The maximum atomic E-state index is 12.5. The van der Waals surface area contributed by atoms with Crippen LogP contribution in [0.25, 0.3) is 6.08 Å². The second-order valence-corrected chi connectivity index (χ2v) is 7.50. The fourth-order valence-electron chi connectivity index (χ4n) is 3.08. The van der Waals surface area contributed by atoms with Crippen LogP contribution in [-0.2, 0) is 22.6 Å². The van der Waals surface area contributed by atoms with Gasteiger partial charge >= 0.3 is 6.09 Å². The van der Waals surface area contributed by atoms with Crippen LogP contribution in [0.2, 0.25) is 0 Å². The lowest BCUT2D eigenvalue weighted by atomic mass is 10.1. The van der Waals surface area contributed by atoms with Crippen LogP contribution in [0.3, 0.4) is 0 Å². The van der Waals surface area contributed by atoms with Crippen LogP contribution in [0.5, 0.6) is 0 Å². The molecule has 0 aliphatic carbocycles. The molecule has 1 heterocycles. The van der Waals surface area contributed by atoms with Crippen molar-refractivity contribution in [1.29, 1.82) is 5.26 Å². The van der Waals surface area contributed by atoms with Gasteiger partial charge in [0.15, 0.2) is 0 Å². The SMILES string of the molecule is COC(=O)Nc1ccc(CNC(=O)/C(C#N)=C\c2cc(C)n(CC(C)C)c2C)cc1. The van der Waals surface area contributed by atoms with E-state index in [1.165, 1.54) is 7.11 Å². The Labute approximate surface area is 177 Å². The van der Waals surface area contributed by atoms with Crippen LogP contribution in [0.1, 0.15) is 36.4 Å². The van der Waals surface area contributed by atoms with Crippen molar-refractivity contribution in [3.63, 3.8) is 0 Å². The molecule has 0 aliphatic rings. The van der Waals surface area contributed by atoms with E-state index < -0.39 is 12.0 Å². The smallest absolute Gasteiger partial charge is 0.411 e. The summed E-state index contributed by atoms with van der Waals surface area (Å²) in [5.41, 5.74) is 4.50. The zero-order valence-electron chi connectivity index (χ0n) is 18.1. The molecule has 30 heavy (non-hydrogen) atoms. The topological polar surface area (TPSA) is 96.2 Å². The molecular weight excluding hydrogens is 380 g/mol. The first-order valence-corrected chi connectivity index (χ1v) is 9.75. The molecule has 0 aliphatic heterocycles. The Kier molecular flexibility index (Phi) is 7.82. The summed E-state index contributed by atoms with van der Waals surface area (Å²) in [4.78, 5) is 23.7. The predicted octanol–water partition coefficient (Wildman–Crippen LogP) is 4.16. The van der Waals surface area contributed by atoms with Gasteiger partial charge in [0.05, 0.1) is 7.11 Å². The van der Waals surface area contributed by atoms with E-state index in [4.69, 9.17) is 0 Å². The summed E-state index contributed by atoms with van der Waals surface area (Å²) in [6.45, 7) is 9.49. The van der Waals surface area contributed by atoms with Gasteiger partial charge in [0.2, 0.25) is 0 Å². The maximum absolute atomic E-state index is 12.5. The zero-order chi connectivity index (χ0) is 22.3. The molecule has 0 atom stereocenters. The molecule has 2 amide bonds. The highest BCUT2D eigenvalue weighted by Crippen LogP contribution is 2.20. The molecule has 158 valence electrons. The van der Waals surface area contributed by atoms with E-state index in [2.05, 4.69) is 33.8 Å². The number of carbonyl (C=O) groups is 2. The molecule has 7 heteroatoms. The molecule has 1 aromatic carbocycles. The number of carbonyl (C=O) groups excluding carboxylic acids is 2. The average molecular weight is 409 g/mol. The van der Waals surface area contributed by atoms with Gasteiger partial charge in [-0.25, -0.2) is 4.79 Å². The second-order valence-electron chi connectivity index (χ2n) is 7.50. The molecule has 0 bridgehead atoms. The number of anilines is 1.